The summed E-state index contributed by atoms with van der Waals surface area (Å²) in [6.45, 7) is 7.54. The zero-order valence-electron chi connectivity index (χ0n) is 13.9. The Balaban J connectivity index is 1.52. The van der Waals surface area contributed by atoms with Gasteiger partial charge in [-0.2, -0.15) is 0 Å². The van der Waals surface area contributed by atoms with Crippen molar-refractivity contribution in [3.8, 4) is 0 Å². The third-order valence-corrected chi connectivity index (χ3v) is 5.07. The van der Waals surface area contributed by atoms with E-state index in [9.17, 15) is 4.79 Å². The van der Waals surface area contributed by atoms with Crippen molar-refractivity contribution in [3.63, 3.8) is 0 Å². The van der Waals surface area contributed by atoms with Crippen LogP contribution in [0.3, 0.4) is 0 Å². The summed E-state index contributed by atoms with van der Waals surface area (Å²) in [7, 11) is 0. The third kappa shape index (κ3) is 2.72. The lowest BCUT2D eigenvalue weighted by Crippen LogP contribution is -2.54. The molecule has 5 nitrogen and oxygen atoms in total. The second-order valence-corrected chi connectivity index (χ2v) is 7.53. The molecular formula is C18H24N2O3. The lowest BCUT2D eigenvalue weighted by atomic mass is 9.91. The lowest BCUT2D eigenvalue weighted by Gasteiger charge is -2.40. The van der Waals surface area contributed by atoms with Crippen molar-refractivity contribution in [1.29, 1.82) is 0 Å². The molecular weight excluding hydrogens is 292 g/mol. The van der Waals surface area contributed by atoms with Gasteiger partial charge in [0.25, 0.3) is 5.91 Å². The van der Waals surface area contributed by atoms with Gasteiger partial charge in [-0.15, -0.1) is 0 Å². The highest BCUT2D eigenvalue weighted by Crippen LogP contribution is 2.37. The number of benzene rings is 1. The topological polar surface area (TPSA) is 50.8 Å². The molecule has 2 fully saturated rings. The van der Waals surface area contributed by atoms with Crippen LogP contribution in [0.5, 0.6) is 0 Å². The summed E-state index contributed by atoms with van der Waals surface area (Å²) in [4.78, 5) is 14.8. The molecule has 2 saturated heterocycles. The zero-order valence-corrected chi connectivity index (χ0v) is 13.9. The number of anilines is 1. The second kappa shape index (κ2) is 5.21. The van der Waals surface area contributed by atoms with Crippen LogP contribution in [-0.4, -0.2) is 54.9 Å². The van der Waals surface area contributed by atoms with Crippen LogP contribution in [0.25, 0.3) is 0 Å². The predicted molar refractivity (Wildman–Crippen MR) is 87.9 cm³/mol. The highest BCUT2D eigenvalue weighted by atomic mass is 16.6. The van der Waals surface area contributed by atoms with Crippen LogP contribution in [-0.2, 0) is 15.9 Å². The average Bonchev–Trinajstić information content (AvgIpc) is 3.10. The van der Waals surface area contributed by atoms with Crippen LogP contribution in [0.1, 0.15) is 36.2 Å². The largest absolute Gasteiger partial charge is 0.384 e. The molecule has 0 saturated carbocycles. The van der Waals surface area contributed by atoms with Gasteiger partial charge in [0.15, 0.2) is 0 Å². The van der Waals surface area contributed by atoms with Gasteiger partial charge in [0, 0.05) is 30.8 Å². The lowest BCUT2D eigenvalue weighted by molar-refractivity contribution is -0.0998. The molecule has 5 heteroatoms. The summed E-state index contributed by atoms with van der Waals surface area (Å²) in [5.74, 6) is 0.104. The van der Waals surface area contributed by atoms with Crippen LogP contribution in [0.4, 0.5) is 5.69 Å². The molecule has 0 bridgehead atoms. The number of carbonyl (C=O) groups is 1. The number of nitrogens with zero attached hydrogens (tertiary/aromatic N) is 1. The highest BCUT2D eigenvalue weighted by molar-refractivity contribution is 5.95. The molecule has 1 spiro atoms. The Hall–Kier alpha value is -1.59. The minimum Gasteiger partial charge on any atom is -0.384 e. The number of amides is 1. The number of hydrogen-bond acceptors (Lipinski definition) is 4. The molecule has 0 aromatic heterocycles. The van der Waals surface area contributed by atoms with E-state index in [-0.39, 0.29) is 17.1 Å². The third-order valence-electron chi connectivity index (χ3n) is 5.07. The molecule has 1 amide bonds. The molecule has 0 radical (unpaired) electrons. The van der Waals surface area contributed by atoms with E-state index in [0.29, 0.717) is 26.3 Å². The number of nitrogens with one attached hydrogen (secondary N) is 1. The molecule has 1 N–H and O–H groups in total. The number of morpholine rings is 1. The molecule has 3 heterocycles. The Morgan fingerprint density at radius 1 is 1.30 bits per heavy atom. The van der Waals surface area contributed by atoms with Crippen molar-refractivity contribution < 1.29 is 14.3 Å². The van der Waals surface area contributed by atoms with E-state index >= 15 is 0 Å². The number of fused-ring (bicyclic) bond motifs is 1. The molecule has 1 aromatic rings. The maximum absolute atomic E-state index is 12.9. The summed E-state index contributed by atoms with van der Waals surface area (Å²) in [5, 5.41) is 3.33. The first-order valence-corrected chi connectivity index (χ1v) is 8.41. The van der Waals surface area contributed by atoms with Crippen LogP contribution in [0, 0.1) is 0 Å². The first-order valence-electron chi connectivity index (χ1n) is 8.41. The van der Waals surface area contributed by atoms with Crippen molar-refractivity contribution in [2.45, 2.75) is 37.9 Å². The Morgan fingerprint density at radius 2 is 2.17 bits per heavy atom. The van der Waals surface area contributed by atoms with Crippen molar-refractivity contribution in [2.24, 2.45) is 0 Å². The fourth-order valence-corrected chi connectivity index (χ4v) is 4.04. The van der Waals surface area contributed by atoms with Gasteiger partial charge in [0.2, 0.25) is 0 Å². The minimum absolute atomic E-state index is 0.104. The summed E-state index contributed by atoms with van der Waals surface area (Å²) in [6, 6.07) is 5.99. The van der Waals surface area contributed by atoms with E-state index in [1.165, 1.54) is 5.56 Å². The van der Waals surface area contributed by atoms with Crippen LogP contribution in [0.15, 0.2) is 18.2 Å². The van der Waals surface area contributed by atoms with Crippen molar-refractivity contribution in [2.75, 3.05) is 38.2 Å². The van der Waals surface area contributed by atoms with E-state index in [1.807, 2.05) is 23.1 Å². The first kappa shape index (κ1) is 15.0. The van der Waals surface area contributed by atoms with Gasteiger partial charge in [-0.25, -0.2) is 0 Å². The molecule has 0 aliphatic carbocycles. The van der Waals surface area contributed by atoms with Crippen molar-refractivity contribution in [1.82, 2.24) is 4.90 Å². The Morgan fingerprint density at radius 3 is 2.96 bits per heavy atom. The molecule has 1 unspecified atom stereocenters. The van der Waals surface area contributed by atoms with Gasteiger partial charge in [-0.05, 0) is 44.0 Å². The Bertz CT molecular complexity index is 643. The van der Waals surface area contributed by atoms with E-state index in [1.54, 1.807) is 0 Å². The summed E-state index contributed by atoms with van der Waals surface area (Å²) in [6.07, 6.45) is 1.82. The van der Waals surface area contributed by atoms with Gasteiger partial charge >= 0.3 is 0 Å². The maximum Gasteiger partial charge on any atom is 0.254 e. The number of hydrogen-bond donors (Lipinski definition) is 1. The van der Waals surface area contributed by atoms with E-state index in [2.05, 4.69) is 19.2 Å². The van der Waals surface area contributed by atoms with Crippen LogP contribution in [0.2, 0.25) is 0 Å². The Labute approximate surface area is 136 Å². The van der Waals surface area contributed by atoms with E-state index in [0.717, 1.165) is 30.6 Å². The first-order chi connectivity index (χ1) is 11.0. The van der Waals surface area contributed by atoms with Gasteiger partial charge in [-0.1, -0.05) is 0 Å². The second-order valence-electron chi connectivity index (χ2n) is 7.53. The molecule has 1 atom stereocenters. The minimum atomic E-state index is -0.338. The molecule has 1 aromatic carbocycles. The Kier molecular flexibility index (Phi) is 3.39. The average molecular weight is 316 g/mol. The van der Waals surface area contributed by atoms with Gasteiger partial charge in [0.05, 0.1) is 25.4 Å². The van der Waals surface area contributed by atoms with E-state index < -0.39 is 0 Å². The smallest absolute Gasteiger partial charge is 0.254 e. The molecule has 3 aliphatic heterocycles. The summed E-state index contributed by atoms with van der Waals surface area (Å²) >= 11 is 0. The fraction of sp³-hybridized carbons (Fsp3) is 0.611. The normalized spacial score (nSPS) is 28.7. The standard InChI is InChI=1S/C18H24N2O3/c1-17(2)10-18(12-23-17)11-20(7-8-22-18)16(21)14-3-4-15-13(9-14)5-6-19-15/h3-4,9,19H,5-8,10-12H2,1-2H3. The quantitative estimate of drug-likeness (QED) is 0.862. The number of ether oxygens (including phenoxy) is 2. The number of rotatable bonds is 1. The molecule has 3 aliphatic rings. The van der Waals surface area contributed by atoms with Crippen molar-refractivity contribution in [3.05, 3.63) is 29.3 Å². The maximum atomic E-state index is 12.9. The van der Waals surface area contributed by atoms with Gasteiger partial charge in [0.1, 0.15) is 5.60 Å². The zero-order chi connectivity index (χ0) is 16.1. The summed E-state index contributed by atoms with van der Waals surface area (Å²) < 4.78 is 11.9. The monoisotopic (exact) mass is 316 g/mol. The van der Waals surface area contributed by atoms with Crippen LogP contribution >= 0.6 is 0 Å². The SMILES string of the molecule is CC1(C)CC2(CO1)CN(C(=O)c1ccc3c(c1)CCN3)CCO2. The molecule has 23 heavy (non-hydrogen) atoms. The van der Waals surface area contributed by atoms with Crippen LogP contribution < -0.4 is 5.32 Å². The van der Waals surface area contributed by atoms with Gasteiger partial charge in [-0.3, -0.25) is 4.79 Å². The molecule has 4 rings (SSSR count). The summed E-state index contributed by atoms with van der Waals surface area (Å²) in [5.41, 5.74) is 2.67. The van der Waals surface area contributed by atoms with Crippen molar-refractivity contribution >= 4 is 11.6 Å². The van der Waals surface area contributed by atoms with E-state index in [4.69, 9.17) is 9.47 Å². The van der Waals surface area contributed by atoms with Gasteiger partial charge < -0.3 is 19.7 Å². The molecule has 124 valence electrons. The number of carbonyl (C=O) groups excluding carboxylic acids is 1. The fourth-order valence-electron chi connectivity index (χ4n) is 4.04. The predicted octanol–water partition coefficient (Wildman–Crippen LogP) is 2.06. The highest BCUT2D eigenvalue weighted by Gasteiger charge is 2.48.